The smallest absolute Gasteiger partial charge is 0.224 e. The number of rotatable bonds is 7. The topological polar surface area (TPSA) is 100 Å². The van der Waals surface area contributed by atoms with Gasteiger partial charge in [-0.05, 0) is 35.2 Å². The number of carbonyl (C=O) groups is 2. The molecule has 1 heterocycles. The van der Waals surface area contributed by atoms with Crippen molar-refractivity contribution in [3.8, 4) is 5.75 Å². The molecule has 0 atom stereocenters. The van der Waals surface area contributed by atoms with Gasteiger partial charge in [-0.3, -0.25) is 15.0 Å². The lowest BCUT2D eigenvalue weighted by Crippen LogP contribution is -2.28. The van der Waals surface area contributed by atoms with Gasteiger partial charge < -0.3 is 19.6 Å². The van der Waals surface area contributed by atoms with E-state index in [1.807, 2.05) is 79.9 Å². The first-order valence-corrected chi connectivity index (χ1v) is 12.1. The standard InChI is InChI=1S/C29H32N4O3/c1-5-26(35)31-22-16-20(15-21(27(22)36)29(2,3)4)25(34)18-33-24-14-10-9-13-23(24)32(28(33)30)17-19-11-7-6-8-12-19/h6-16,30,36H,5,17-18H2,1-4H3,(H,31,35). The number of phenolic OH excluding ortho intramolecular Hbond substituents is 1. The summed E-state index contributed by atoms with van der Waals surface area (Å²) in [7, 11) is 0. The second-order valence-electron chi connectivity index (χ2n) is 9.97. The Bertz CT molecular complexity index is 1490. The third-order valence-electron chi connectivity index (χ3n) is 6.30. The number of fused-ring (bicyclic) bond motifs is 1. The molecular formula is C29H32N4O3. The van der Waals surface area contributed by atoms with Crippen molar-refractivity contribution in [3.63, 3.8) is 0 Å². The van der Waals surface area contributed by atoms with Crippen LogP contribution in [0.5, 0.6) is 5.75 Å². The average molecular weight is 485 g/mol. The Morgan fingerprint density at radius 2 is 1.56 bits per heavy atom. The zero-order valence-electron chi connectivity index (χ0n) is 21.1. The van der Waals surface area contributed by atoms with Gasteiger partial charge in [0, 0.05) is 17.5 Å². The Labute approximate surface area is 210 Å². The van der Waals surface area contributed by atoms with Gasteiger partial charge in [-0.1, -0.05) is 70.2 Å². The quantitative estimate of drug-likeness (QED) is 0.248. The monoisotopic (exact) mass is 484 g/mol. The number of nitrogens with one attached hydrogen (secondary N) is 2. The minimum Gasteiger partial charge on any atom is -0.505 e. The summed E-state index contributed by atoms with van der Waals surface area (Å²) >= 11 is 0. The van der Waals surface area contributed by atoms with Gasteiger partial charge >= 0.3 is 0 Å². The molecule has 7 nitrogen and oxygen atoms in total. The van der Waals surface area contributed by atoms with Gasteiger partial charge in [0.05, 0.1) is 29.8 Å². The molecule has 0 fully saturated rings. The number of imidazole rings is 1. The van der Waals surface area contributed by atoms with Crippen LogP contribution in [-0.2, 0) is 23.3 Å². The van der Waals surface area contributed by atoms with E-state index in [9.17, 15) is 14.7 Å². The van der Waals surface area contributed by atoms with Crippen molar-refractivity contribution in [2.24, 2.45) is 0 Å². The molecule has 0 saturated heterocycles. The van der Waals surface area contributed by atoms with Gasteiger partial charge in [0.2, 0.25) is 11.5 Å². The van der Waals surface area contributed by atoms with E-state index in [-0.39, 0.29) is 41.7 Å². The predicted molar refractivity (Wildman–Crippen MR) is 141 cm³/mol. The number of ketones is 1. The van der Waals surface area contributed by atoms with Crippen molar-refractivity contribution < 1.29 is 14.7 Å². The fourth-order valence-electron chi connectivity index (χ4n) is 4.32. The summed E-state index contributed by atoms with van der Waals surface area (Å²) in [4.78, 5) is 25.6. The Kier molecular flexibility index (Phi) is 6.84. The maximum absolute atomic E-state index is 13.6. The molecule has 7 heteroatoms. The van der Waals surface area contributed by atoms with E-state index in [1.54, 1.807) is 17.6 Å². The zero-order chi connectivity index (χ0) is 26.0. The molecule has 0 aliphatic heterocycles. The lowest BCUT2D eigenvalue weighted by molar-refractivity contribution is -0.115. The highest BCUT2D eigenvalue weighted by Crippen LogP contribution is 2.37. The van der Waals surface area contributed by atoms with Gasteiger partial charge in [-0.25, -0.2) is 0 Å². The highest BCUT2D eigenvalue weighted by atomic mass is 16.3. The molecule has 0 spiro atoms. The van der Waals surface area contributed by atoms with Crippen molar-refractivity contribution in [3.05, 3.63) is 89.0 Å². The summed E-state index contributed by atoms with van der Waals surface area (Å²) in [6, 6.07) is 20.8. The molecule has 0 bridgehead atoms. The van der Waals surface area contributed by atoms with Crippen LogP contribution in [0.4, 0.5) is 5.69 Å². The molecule has 1 amide bonds. The summed E-state index contributed by atoms with van der Waals surface area (Å²) < 4.78 is 3.59. The highest BCUT2D eigenvalue weighted by molar-refractivity contribution is 6.00. The maximum Gasteiger partial charge on any atom is 0.224 e. The van der Waals surface area contributed by atoms with Crippen LogP contribution < -0.4 is 10.9 Å². The van der Waals surface area contributed by atoms with E-state index in [4.69, 9.17) is 5.41 Å². The molecule has 36 heavy (non-hydrogen) atoms. The van der Waals surface area contributed by atoms with Gasteiger partial charge in [0.15, 0.2) is 5.78 Å². The molecule has 4 rings (SSSR count). The van der Waals surface area contributed by atoms with Crippen LogP contribution in [0.1, 0.15) is 55.6 Å². The number of aromatic hydroxyl groups is 1. The molecule has 186 valence electrons. The van der Waals surface area contributed by atoms with Crippen LogP contribution in [0.3, 0.4) is 0 Å². The number of hydrogen-bond donors (Lipinski definition) is 3. The number of carbonyl (C=O) groups excluding carboxylic acids is 2. The third kappa shape index (κ3) is 4.96. The van der Waals surface area contributed by atoms with Gasteiger partial charge in [-0.2, -0.15) is 0 Å². The molecule has 4 aromatic rings. The number of anilines is 1. The largest absolute Gasteiger partial charge is 0.505 e. The number of para-hydroxylation sites is 2. The second kappa shape index (κ2) is 9.85. The van der Waals surface area contributed by atoms with Crippen LogP contribution in [0.25, 0.3) is 11.0 Å². The van der Waals surface area contributed by atoms with Crippen LogP contribution in [-0.4, -0.2) is 25.9 Å². The second-order valence-corrected chi connectivity index (χ2v) is 9.97. The fourth-order valence-corrected chi connectivity index (χ4v) is 4.32. The minimum atomic E-state index is -0.453. The normalized spacial score (nSPS) is 11.6. The van der Waals surface area contributed by atoms with Crippen LogP contribution in [0.15, 0.2) is 66.7 Å². The number of amides is 1. The van der Waals surface area contributed by atoms with Crippen molar-refractivity contribution in [1.82, 2.24) is 9.13 Å². The van der Waals surface area contributed by atoms with E-state index in [2.05, 4.69) is 5.32 Å². The van der Waals surface area contributed by atoms with Gasteiger partial charge in [-0.15, -0.1) is 0 Å². The number of Topliss-reactive ketones (excluding diaryl/α,β-unsaturated/α-hetero) is 1. The fraction of sp³-hybridized carbons (Fsp3) is 0.276. The summed E-state index contributed by atoms with van der Waals surface area (Å²) in [5.74, 6) is -0.496. The molecule has 3 N–H and O–H groups in total. The minimum absolute atomic E-state index is 0.0332. The third-order valence-corrected chi connectivity index (χ3v) is 6.30. The lowest BCUT2D eigenvalue weighted by Gasteiger charge is -2.23. The van der Waals surface area contributed by atoms with Crippen LogP contribution in [0.2, 0.25) is 0 Å². The molecule has 0 radical (unpaired) electrons. The first-order valence-electron chi connectivity index (χ1n) is 12.1. The molecule has 0 saturated carbocycles. The van der Waals surface area contributed by atoms with E-state index in [0.717, 1.165) is 16.6 Å². The molecular weight excluding hydrogens is 452 g/mol. The molecule has 1 aromatic heterocycles. The van der Waals surface area contributed by atoms with Crippen molar-refractivity contribution >= 4 is 28.4 Å². The number of phenols is 1. The summed E-state index contributed by atoms with van der Waals surface area (Å²) in [6.07, 6.45) is 0.251. The van der Waals surface area contributed by atoms with Crippen LogP contribution in [0, 0.1) is 5.41 Å². The van der Waals surface area contributed by atoms with E-state index >= 15 is 0 Å². The molecule has 0 aliphatic rings. The Balaban J connectivity index is 1.77. The number of hydrogen-bond acceptors (Lipinski definition) is 4. The van der Waals surface area contributed by atoms with Crippen molar-refractivity contribution in [1.29, 1.82) is 5.41 Å². The molecule has 0 unspecified atom stereocenters. The first kappa shape index (κ1) is 25.0. The van der Waals surface area contributed by atoms with E-state index in [1.165, 1.54) is 6.07 Å². The SMILES string of the molecule is CCC(=O)Nc1cc(C(=O)Cn2c(=N)n(Cc3ccccc3)c3ccccc32)cc(C(C)(C)C)c1O. The summed E-state index contributed by atoms with van der Waals surface area (Å²) in [5.41, 5.74) is 3.67. The van der Waals surface area contributed by atoms with Gasteiger partial charge in [0.25, 0.3) is 0 Å². The lowest BCUT2D eigenvalue weighted by atomic mass is 9.84. The zero-order valence-corrected chi connectivity index (χ0v) is 21.1. The first-order chi connectivity index (χ1) is 17.1. The number of benzene rings is 3. The van der Waals surface area contributed by atoms with Crippen molar-refractivity contribution in [2.45, 2.75) is 52.6 Å². The number of nitrogens with zero attached hydrogens (tertiary/aromatic N) is 2. The Morgan fingerprint density at radius 1 is 0.944 bits per heavy atom. The van der Waals surface area contributed by atoms with E-state index < -0.39 is 5.41 Å². The van der Waals surface area contributed by atoms with Crippen molar-refractivity contribution in [2.75, 3.05) is 5.32 Å². The average Bonchev–Trinajstić information content (AvgIpc) is 3.11. The van der Waals surface area contributed by atoms with E-state index in [0.29, 0.717) is 17.7 Å². The summed E-state index contributed by atoms with van der Waals surface area (Å²) in [5, 5.41) is 22.4. The van der Waals surface area contributed by atoms with Crippen LogP contribution >= 0.6 is 0 Å². The highest BCUT2D eigenvalue weighted by Gasteiger charge is 2.24. The maximum atomic E-state index is 13.6. The molecule has 3 aromatic carbocycles. The Morgan fingerprint density at radius 3 is 2.17 bits per heavy atom. The van der Waals surface area contributed by atoms with Gasteiger partial charge in [0.1, 0.15) is 5.75 Å². The Hall–Kier alpha value is -4.13. The predicted octanol–water partition coefficient (Wildman–Crippen LogP) is 5.21. The number of aromatic nitrogens is 2. The molecule has 0 aliphatic carbocycles. The summed E-state index contributed by atoms with van der Waals surface area (Å²) in [6.45, 7) is 8.02.